The third kappa shape index (κ3) is 4.47. The SMILES string of the molecule is O=C(NCCNC(=O)c1sc(-c2ccccc2)nc1-c1ccccc1)c1ccco1. The summed E-state index contributed by atoms with van der Waals surface area (Å²) >= 11 is 1.35. The molecular formula is C23H19N3O3S. The van der Waals surface area contributed by atoms with Gasteiger partial charge in [0.2, 0.25) is 0 Å². The number of rotatable bonds is 7. The topological polar surface area (TPSA) is 84.2 Å². The van der Waals surface area contributed by atoms with Gasteiger partial charge in [0.05, 0.1) is 12.0 Å². The first kappa shape index (κ1) is 19.6. The van der Waals surface area contributed by atoms with Crippen molar-refractivity contribution < 1.29 is 14.0 Å². The molecule has 6 nitrogen and oxygen atoms in total. The van der Waals surface area contributed by atoms with E-state index < -0.39 is 0 Å². The Morgan fingerprint density at radius 1 is 0.800 bits per heavy atom. The summed E-state index contributed by atoms with van der Waals surface area (Å²) in [6, 6.07) is 22.6. The minimum atomic E-state index is -0.316. The lowest BCUT2D eigenvalue weighted by molar-refractivity contribution is 0.0912. The molecule has 0 unspecified atom stereocenters. The largest absolute Gasteiger partial charge is 0.459 e. The molecule has 0 spiro atoms. The summed E-state index contributed by atoms with van der Waals surface area (Å²) in [5.74, 6) is -0.299. The predicted octanol–water partition coefficient (Wildman–Crippen LogP) is 4.23. The van der Waals surface area contributed by atoms with E-state index in [1.807, 2.05) is 60.7 Å². The van der Waals surface area contributed by atoms with Crippen molar-refractivity contribution in [3.05, 3.63) is 89.7 Å². The zero-order valence-corrected chi connectivity index (χ0v) is 16.8. The van der Waals surface area contributed by atoms with Gasteiger partial charge >= 0.3 is 0 Å². The van der Waals surface area contributed by atoms with Gasteiger partial charge in [0.15, 0.2) is 5.76 Å². The fourth-order valence-electron chi connectivity index (χ4n) is 2.90. The molecule has 2 N–H and O–H groups in total. The van der Waals surface area contributed by atoms with E-state index in [4.69, 9.17) is 9.40 Å². The zero-order chi connectivity index (χ0) is 20.8. The Balaban J connectivity index is 1.48. The quantitative estimate of drug-likeness (QED) is 0.441. The van der Waals surface area contributed by atoms with E-state index in [9.17, 15) is 9.59 Å². The number of nitrogens with one attached hydrogen (secondary N) is 2. The van der Waals surface area contributed by atoms with E-state index in [0.717, 1.165) is 16.1 Å². The summed E-state index contributed by atoms with van der Waals surface area (Å²) < 4.78 is 5.05. The van der Waals surface area contributed by atoms with Crippen molar-refractivity contribution in [1.82, 2.24) is 15.6 Å². The van der Waals surface area contributed by atoms with E-state index in [-0.39, 0.29) is 30.7 Å². The molecule has 0 bridgehead atoms. The van der Waals surface area contributed by atoms with Gasteiger partial charge in [-0.05, 0) is 12.1 Å². The Hall–Kier alpha value is -3.71. The summed E-state index contributed by atoms with van der Waals surface area (Å²) in [7, 11) is 0. The molecule has 2 aromatic carbocycles. The molecule has 0 radical (unpaired) electrons. The highest BCUT2D eigenvalue weighted by atomic mass is 32.1. The number of nitrogens with zero attached hydrogens (tertiary/aromatic N) is 1. The zero-order valence-electron chi connectivity index (χ0n) is 16.0. The first-order valence-electron chi connectivity index (χ1n) is 9.44. The van der Waals surface area contributed by atoms with E-state index in [1.165, 1.54) is 17.6 Å². The minimum Gasteiger partial charge on any atom is -0.459 e. The second-order valence-corrected chi connectivity index (χ2v) is 7.42. The Morgan fingerprint density at radius 3 is 2.07 bits per heavy atom. The smallest absolute Gasteiger partial charge is 0.287 e. The van der Waals surface area contributed by atoms with Gasteiger partial charge in [0, 0.05) is 24.2 Å². The van der Waals surface area contributed by atoms with E-state index in [2.05, 4.69) is 10.6 Å². The predicted molar refractivity (Wildman–Crippen MR) is 116 cm³/mol. The number of carbonyl (C=O) groups excluding carboxylic acids is 2. The van der Waals surface area contributed by atoms with Crippen molar-refractivity contribution in [2.45, 2.75) is 0 Å². The highest BCUT2D eigenvalue weighted by Gasteiger charge is 2.20. The normalized spacial score (nSPS) is 10.5. The van der Waals surface area contributed by atoms with Crippen LogP contribution in [0.4, 0.5) is 0 Å². The van der Waals surface area contributed by atoms with Gasteiger partial charge in [-0.2, -0.15) is 0 Å². The highest BCUT2D eigenvalue weighted by molar-refractivity contribution is 7.17. The molecule has 4 rings (SSSR count). The van der Waals surface area contributed by atoms with E-state index in [0.29, 0.717) is 10.6 Å². The standard InChI is InChI=1S/C23H19N3O3S/c27-21(18-12-7-15-29-18)24-13-14-25-22(28)20-19(16-8-3-1-4-9-16)26-23(30-20)17-10-5-2-6-11-17/h1-12,15H,13-14H2,(H,24,27)(H,25,28). The monoisotopic (exact) mass is 417 g/mol. The maximum atomic E-state index is 12.9. The summed E-state index contributed by atoms with van der Waals surface area (Å²) in [5.41, 5.74) is 2.49. The van der Waals surface area contributed by atoms with Crippen molar-refractivity contribution in [3.8, 4) is 21.8 Å². The van der Waals surface area contributed by atoms with Crippen LogP contribution in [0, 0.1) is 0 Å². The Kier molecular flexibility index (Phi) is 6.01. The van der Waals surface area contributed by atoms with Crippen molar-refractivity contribution in [2.24, 2.45) is 0 Å². The van der Waals surface area contributed by atoms with Crippen LogP contribution in [0.5, 0.6) is 0 Å². The van der Waals surface area contributed by atoms with Crippen molar-refractivity contribution in [1.29, 1.82) is 0 Å². The number of aromatic nitrogens is 1. The van der Waals surface area contributed by atoms with Crippen LogP contribution < -0.4 is 10.6 Å². The molecule has 7 heteroatoms. The van der Waals surface area contributed by atoms with Crippen LogP contribution in [0.2, 0.25) is 0 Å². The van der Waals surface area contributed by atoms with Gasteiger partial charge in [-0.3, -0.25) is 9.59 Å². The molecule has 30 heavy (non-hydrogen) atoms. The second-order valence-electron chi connectivity index (χ2n) is 6.42. The van der Waals surface area contributed by atoms with Crippen molar-refractivity contribution in [2.75, 3.05) is 13.1 Å². The second kappa shape index (κ2) is 9.19. The molecule has 4 aromatic rings. The van der Waals surface area contributed by atoms with Crippen LogP contribution in [0.15, 0.2) is 83.5 Å². The molecule has 0 fully saturated rings. The number of amides is 2. The van der Waals surface area contributed by atoms with Gasteiger partial charge in [-0.15, -0.1) is 11.3 Å². The van der Waals surface area contributed by atoms with Gasteiger partial charge in [0.25, 0.3) is 11.8 Å². The van der Waals surface area contributed by atoms with Gasteiger partial charge < -0.3 is 15.1 Å². The minimum absolute atomic E-state index is 0.221. The molecule has 0 aliphatic heterocycles. The molecule has 0 atom stereocenters. The van der Waals surface area contributed by atoms with Crippen LogP contribution in [0.1, 0.15) is 20.2 Å². The van der Waals surface area contributed by atoms with Crippen LogP contribution in [-0.4, -0.2) is 29.9 Å². The summed E-state index contributed by atoms with van der Waals surface area (Å²) in [6.45, 7) is 0.578. The lowest BCUT2D eigenvalue weighted by Crippen LogP contribution is -2.34. The molecule has 0 saturated carbocycles. The maximum absolute atomic E-state index is 12.9. The average Bonchev–Trinajstić information content (AvgIpc) is 3.48. The first-order valence-corrected chi connectivity index (χ1v) is 10.3. The molecule has 2 amide bonds. The van der Waals surface area contributed by atoms with Crippen LogP contribution >= 0.6 is 11.3 Å². The third-order valence-electron chi connectivity index (χ3n) is 4.34. The lowest BCUT2D eigenvalue weighted by Gasteiger charge is -2.06. The molecular weight excluding hydrogens is 398 g/mol. The summed E-state index contributed by atoms with van der Waals surface area (Å²) in [6.07, 6.45) is 1.44. The Morgan fingerprint density at radius 2 is 1.43 bits per heavy atom. The van der Waals surface area contributed by atoms with Gasteiger partial charge in [-0.25, -0.2) is 4.98 Å². The fourth-order valence-corrected chi connectivity index (χ4v) is 3.91. The third-order valence-corrected chi connectivity index (χ3v) is 5.45. The highest BCUT2D eigenvalue weighted by Crippen LogP contribution is 2.33. The lowest BCUT2D eigenvalue weighted by atomic mass is 10.1. The Labute approximate surface area is 177 Å². The van der Waals surface area contributed by atoms with Crippen LogP contribution in [0.25, 0.3) is 21.8 Å². The van der Waals surface area contributed by atoms with Gasteiger partial charge in [0.1, 0.15) is 9.88 Å². The summed E-state index contributed by atoms with van der Waals surface area (Å²) in [4.78, 5) is 30.1. The van der Waals surface area contributed by atoms with Crippen LogP contribution in [-0.2, 0) is 0 Å². The molecule has 2 heterocycles. The number of thiazole rings is 1. The molecule has 0 saturated heterocycles. The van der Waals surface area contributed by atoms with Crippen LogP contribution in [0.3, 0.4) is 0 Å². The maximum Gasteiger partial charge on any atom is 0.287 e. The van der Waals surface area contributed by atoms with E-state index >= 15 is 0 Å². The number of hydrogen-bond donors (Lipinski definition) is 2. The molecule has 150 valence electrons. The average molecular weight is 417 g/mol. The number of carbonyl (C=O) groups is 2. The number of furan rings is 1. The van der Waals surface area contributed by atoms with Gasteiger partial charge in [-0.1, -0.05) is 60.7 Å². The first-order chi connectivity index (χ1) is 14.7. The van der Waals surface area contributed by atoms with Crippen molar-refractivity contribution in [3.63, 3.8) is 0 Å². The molecule has 0 aliphatic rings. The van der Waals surface area contributed by atoms with E-state index in [1.54, 1.807) is 12.1 Å². The number of benzene rings is 2. The summed E-state index contributed by atoms with van der Waals surface area (Å²) in [5, 5.41) is 6.35. The number of hydrogen-bond acceptors (Lipinski definition) is 5. The van der Waals surface area contributed by atoms with Crippen molar-refractivity contribution >= 4 is 23.2 Å². The molecule has 0 aliphatic carbocycles. The Bertz CT molecular complexity index is 1120. The fraction of sp³-hybridized carbons (Fsp3) is 0.0870. The molecule has 2 aromatic heterocycles.